The molecule has 1 aromatic carbocycles. The molecule has 0 N–H and O–H groups in total. The molecule has 0 spiro atoms. The molecule has 1 aromatic rings. The molecule has 0 fully saturated rings. The molecule has 0 aliphatic carbocycles. The first-order valence-corrected chi connectivity index (χ1v) is 6.57. The summed E-state index contributed by atoms with van der Waals surface area (Å²) in [6, 6.07) is 3.66. The third kappa shape index (κ3) is 5.59. The molecule has 19 heavy (non-hydrogen) atoms. The van der Waals surface area contributed by atoms with Crippen LogP contribution in [0.3, 0.4) is 0 Å². The molecule has 108 valence electrons. The molecule has 0 bridgehead atoms. The van der Waals surface area contributed by atoms with Gasteiger partial charge in [-0.3, -0.25) is 0 Å². The van der Waals surface area contributed by atoms with Crippen LogP contribution in [-0.2, 0) is 4.74 Å². The van der Waals surface area contributed by atoms with E-state index >= 15 is 0 Å². The maximum Gasteiger partial charge on any atom is 0.411 e. The monoisotopic (exact) mass is 314 g/mol. The minimum Gasteiger partial charge on any atom is -0.372 e. The fourth-order valence-electron chi connectivity index (χ4n) is 1.57. The summed E-state index contributed by atoms with van der Waals surface area (Å²) in [4.78, 5) is 0. The van der Waals surface area contributed by atoms with E-state index in [4.69, 9.17) is 23.2 Å². The zero-order chi connectivity index (χ0) is 14.6. The summed E-state index contributed by atoms with van der Waals surface area (Å²) in [6.45, 7) is 2.55. The Morgan fingerprint density at radius 2 is 1.79 bits per heavy atom. The van der Waals surface area contributed by atoms with E-state index in [0.717, 1.165) is 16.7 Å². The van der Waals surface area contributed by atoms with Crippen molar-refractivity contribution in [3.8, 4) is 0 Å². The summed E-state index contributed by atoms with van der Waals surface area (Å²) in [5.41, 5.74) is 2.81. The van der Waals surface area contributed by atoms with Gasteiger partial charge in [0.15, 0.2) is 0 Å². The predicted molar refractivity (Wildman–Crippen MR) is 71.0 cm³/mol. The molecule has 0 aliphatic rings. The summed E-state index contributed by atoms with van der Waals surface area (Å²) in [7, 11) is 0. The van der Waals surface area contributed by atoms with Crippen molar-refractivity contribution < 1.29 is 17.9 Å². The van der Waals surface area contributed by atoms with Crippen LogP contribution in [0.1, 0.15) is 28.5 Å². The summed E-state index contributed by atoms with van der Waals surface area (Å²) in [5.74, 6) is 0. The summed E-state index contributed by atoms with van der Waals surface area (Å²) in [5, 5.41) is 0.0685. The van der Waals surface area contributed by atoms with Crippen molar-refractivity contribution in [1.29, 1.82) is 0 Å². The second kappa shape index (κ2) is 6.82. The second-order valence-corrected chi connectivity index (χ2v) is 5.32. The average Bonchev–Trinajstić information content (AvgIpc) is 2.28. The molecule has 0 heterocycles. The number of benzene rings is 1. The van der Waals surface area contributed by atoms with Crippen molar-refractivity contribution in [2.24, 2.45) is 0 Å². The predicted octanol–water partition coefficient (Wildman–Crippen LogP) is 5.21. The van der Waals surface area contributed by atoms with Gasteiger partial charge < -0.3 is 4.74 Å². The Kier molecular flexibility index (Phi) is 5.96. The number of hydrogen-bond donors (Lipinski definition) is 0. The lowest BCUT2D eigenvalue weighted by atomic mass is 10.0. The lowest BCUT2D eigenvalue weighted by Gasteiger charge is -2.14. The Bertz CT molecular complexity index is 433. The smallest absolute Gasteiger partial charge is 0.372 e. The Labute approximate surface area is 120 Å². The fraction of sp³-hybridized carbons (Fsp3) is 0.538. The molecule has 1 unspecified atom stereocenters. The van der Waals surface area contributed by atoms with E-state index in [1.54, 1.807) is 6.07 Å². The normalized spacial score (nSPS) is 13.6. The summed E-state index contributed by atoms with van der Waals surface area (Å²) in [6.07, 6.45) is -4.03. The van der Waals surface area contributed by atoms with E-state index in [0.29, 0.717) is 5.02 Å². The second-order valence-electron chi connectivity index (χ2n) is 4.38. The lowest BCUT2D eigenvalue weighted by Crippen LogP contribution is -2.17. The van der Waals surface area contributed by atoms with Crippen molar-refractivity contribution in [2.75, 3.05) is 13.2 Å². The van der Waals surface area contributed by atoms with E-state index in [1.165, 1.54) is 0 Å². The van der Waals surface area contributed by atoms with Gasteiger partial charge in [-0.15, -0.1) is 11.6 Å². The fourth-order valence-corrected chi connectivity index (χ4v) is 2.25. The highest BCUT2D eigenvalue weighted by Crippen LogP contribution is 2.32. The molecular weight excluding hydrogens is 300 g/mol. The molecule has 0 radical (unpaired) electrons. The first-order chi connectivity index (χ1) is 8.70. The highest BCUT2D eigenvalue weighted by molar-refractivity contribution is 6.32. The van der Waals surface area contributed by atoms with Crippen LogP contribution in [0.2, 0.25) is 5.02 Å². The molecule has 0 saturated carbocycles. The van der Waals surface area contributed by atoms with Gasteiger partial charge >= 0.3 is 6.18 Å². The molecule has 0 saturated heterocycles. The minimum absolute atomic E-state index is 0.0586. The van der Waals surface area contributed by atoms with E-state index < -0.39 is 18.2 Å². The first-order valence-electron chi connectivity index (χ1n) is 5.76. The van der Waals surface area contributed by atoms with Crippen LogP contribution in [0.15, 0.2) is 12.1 Å². The van der Waals surface area contributed by atoms with Gasteiger partial charge in [-0.05, 0) is 43.0 Å². The average molecular weight is 315 g/mol. The maximum absolute atomic E-state index is 11.9. The number of rotatable bonds is 5. The molecule has 6 heteroatoms. The Morgan fingerprint density at radius 3 is 2.37 bits per heavy atom. The van der Waals surface area contributed by atoms with Crippen molar-refractivity contribution >= 4 is 23.2 Å². The van der Waals surface area contributed by atoms with Crippen molar-refractivity contribution in [2.45, 2.75) is 31.8 Å². The van der Waals surface area contributed by atoms with Crippen molar-refractivity contribution in [1.82, 2.24) is 0 Å². The van der Waals surface area contributed by atoms with E-state index in [-0.39, 0.29) is 13.0 Å². The van der Waals surface area contributed by atoms with Gasteiger partial charge in [0.1, 0.15) is 6.61 Å². The van der Waals surface area contributed by atoms with Gasteiger partial charge in [-0.1, -0.05) is 17.7 Å². The first kappa shape index (κ1) is 16.6. The highest BCUT2D eigenvalue weighted by Gasteiger charge is 2.27. The van der Waals surface area contributed by atoms with Crippen LogP contribution in [0, 0.1) is 13.8 Å². The Hall–Kier alpha value is -0.450. The Morgan fingerprint density at radius 1 is 1.21 bits per heavy atom. The van der Waals surface area contributed by atoms with Gasteiger partial charge in [-0.2, -0.15) is 13.2 Å². The summed E-state index contributed by atoms with van der Waals surface area (Å²) >= 11 is 12.2. The van der Waals surface area contributed by atoms with Crippen LogP contribution < -0.4 is 0 Å². The largest absolute Gasteiger partial charge is 0.411 e. The maximum atomic E-state index is 11.9. The number of alkyl halides is 4. The van der Waals surface area contributed by atoms with Crippen LogP contribution in [0.5, 0.6) is 0 Å². The van der Waals surface area contributed by atoms with E-state index in [2.05, 4.69) is 4.74 Å². The van der Waals surface area contributed by atoms with Crippen LogP contribution in [0.25, 0.3) is 0 Å². The van der Waals surface area contributed by atoms with Gasteiger partial charge in [0.05, 0.1) is 5.38 Å². The van der Waals surface area contributed by atoms with E-state index in [9.17, 15) is 13.2 Å². The number of halogens is 5. The quantitative estimate of drug-likeness (QED) is 0.535. The zero-order valence-electron chi connectivity index (χ0n) is 10.7. The number of aryl methyl sites for hydroxylation is 2. The molecule has 1 atom stereocenters. The number of ether oxygens (including phenoxy) is 1. The highest BCUT2D eigenvalue weighted by atomic mass is 35.5. The van der Waals surface area contributed by atoms with Gasteiger partial charge in [0.25, 0.3) is 0 Å². The van der Waals surface area contributed by atoms with Crippen LogP contribution in [0.4, 0.5) is 13.2 Å². The molecule has 0 aliphatic heterocycles. The zero-order valence-corrected chi connectivity index (χ0v) is 12.2. The van der Waals surface area contributed by atoms with Gasteiger partial charge in [0, 0.05) is 11.6 Å². The third-order valence-corrected chi connectivity index (χ3v) is 3.51. The van der Waals surface area contributed by atoms with Crippen LogP contribution in [-0.4, -0.2) is 19.4 Å². The lowest BCUT2D eigenvalue weighted by molar-refractivity contribution is -0.174. The standard InChI is InChI=1S/C13H15Cl2F3O/c1-8-5-10(12(15)6-9(8)2)11(14)3-4-19-7-13(16,17)18/h5-6,11H,3-4,7H2,1-2H3. The summed E-state index contributed by atoms with van der Waals surface area (Å²) < 4.78 is 40.2. The van der Waals surface area contributed by atoms with Crippen molar-refractivity contribution in [3.05, 3.63) is 33.8 Å². The molecule has 1 nitrogen and oxygen atoms in total. The topological polar surface area (TPSA) is 9.23 Å². The third-order valence-electron chi connectivity index (χ3n) is 2.73. The van der Waals surface area contributed by atoms with Crippen LogP contribution >= 0.6 is 23.2 Å². The van der Waals surface area contributed by atoms with E-state index in [1.807, 2.05) is 19.9 Å². The molecular formula is C13H15Cl2F3O. The Balaban J connectivity index is 2.54. The van der Waals surface area contributed by atoms with Gasteiger partial charge in [-0.25, -0.2) is 0 Å². The van der Waals surface area contributed by atoms with Crippen molar-refractivity contribution in [3.63, 3.8) is 0 Å². The molecule has 0 aromatic heterocycles. The SMILES string of the molecule is Cc1cc(Cl)c(C(Cl)CCOCC(F)(F)F)cc1C. The molecule has 0 amide bonds. The molecule has 1 rings (SSSR count). The minimum atomic E-state index is -4.31. The number of hydrogen-bond acceptors (Lipinski definition) is 1. The van der Waals surface area contributed by atoms with Gasteiger partial charge in [0.2, 0.25) is 0 Å².